The fourth-order valence-electron chi connectivity index (χ4n) is 1.83. The molecule has 0 saturated heterocycles. The van der Waals surface area contributed by atoms with E-state index in [0.717, 1.165) is 27.1 Å². The molecule has 0 aromatic heterocycles. The number of methoxy groups -OCH3 is 1. The standard InChI is InChI=1S/C16H14BrNO2/c1-11-7-14(4-5-15(11)17)20-10-13-8-12(9-18)3-6-16(13)19-2/h3-8H,10H2,1-2H3. The molecule has 0 fully saturated rings. The van der Waals surface area contributed by atoms with Gasteiger partial charge in [-0.15, -0.1) is 0 Å². The summed E-state index contributed by atoms with van der Waals surface area (Å²) < 4.78 is 12.1. The molecule has 2 aromatic rings. The highest BCUT2D eigenvalue weighted by Gasteiger charge is 2.06. The van der Waals surface area contributed by atoms with E-state index >= 15 is 0 Å². The Morgan fingerprint density at radius 2 is 2.00 bits per heavy atom. The minimum absolute atomic E-state index is 0.361. The minimum Gasteiger partial charge on any atom is -0.496 e. The fourth-order valence-corrected chi connectivity index (χ4v) is 2.08. The Morgan fingerprint density at radius 1 is 1.20 bits per heavy atom. The predicted octanol–water partition coefficient (Wildman–Crippen LogP) is 4.22. The normalized spacial score (nSPS) is 9.90. The molecule has 2 aromatic carbocycles. The molecular weight excluding hydrogens is 318 g/mol. The van der Waals surface area contributed by atoms with Gasteiger partial charge >= 0.3 is 0 Å². The minimum atomic E-state index is 0.361. The van der Waals surface area contributed by atoms with Gasteiger partial charge in [0.25, 0.3) is 0 Å². The number of nitriles is 1. The van der Waals surface area contributed by atoms with Crippen LogP contribution < -0.4 is 9.47 Å². The number of aryl methyl sites for hydroxylation is 1. The Morgan fingerprint density at radius 3 is 2.65 bits per heavy atom. The molecule has 0 aliphatic carbocycles. The number of rotatable bonds is 4. The van der Waals surface area contributed by atoms with Crippen LogP contribution in [0.4, 0.5) is 0 Å². The number of halogens is 1. The second-order valence-electron chi connectivity index (χ2n) is 4.34. The summed E-state index contributed by atoms with van der Waals surface area (Å²) in [7, 11) is 1.61. The van der Waals surface area contributed by atoms with Crippen molar-refractivity contribution in [2.45, 2.75) is 13.5 Å². The molecule has 0 amide bonds. The van der Waals surface area contributed by atoms with E-state index in [1.807, 2.05) is 25.1 Å². The maximum Gasteiger partial charge on any atom is 0.125 e. The van der Waals surface area contributed by atoms with E-state index in [9.17, 15) is 0 Å². The van der Waals surface area contributed by atoms with E-state index in [4.69, 9.17) is 14.7 Å². The monoisotopic (exact) mass is 331 g/mol. The first-order chi connectivity index (χ1) is 9.63. The Labute approximate surface area is 126 Å². The second-order valence-corrected chi connectivity index (χ2v) is 5.19. The van der Waals surface area contributed by atoms with Crippen molar-refractivity contribution >= 4 is 15.9 Å². The van der Waals surface area contributed by atoms with E-state index < -0.39 is 0 Å². The maximum atomic E-state index is 8.94. The van der Waals surface area contributed by atoms with Gasteiger partial charge in [0.15, 0.2) is 0 Å². The number of ether oxygens (including phenoxy) is 2. The molecule has 0 aliphatic rings. The van der Waals surface area contributed by atoms with Gasteiger partial charge in [0.2, 0.25) is 0 Å². The first kappa shape index (κ1) is 14.4. The Hall–Kier alpha value is -1.99. The van der Waals surface area contributed by atoms with Crippen molar-refractivity contribution in [2.24, 2.45) is 0 Å². The van der Waals surface area contributed by atoms with Crippen LogP contribution in [0.15, 0.2) is 40.9 Å². The first-order valence-corrected chi connectivity index (χ1v) is 6.89. The lowest BCUT2D eigenvalue weighted by atomic mass is 10.1. The lowest BCUT2D eigenvalue weighted by molar-refractivity contribution is 0.296. The van der Waals surface area contributed by atoms with E-state index in [0.29, 0.717) is 12.2 Å². The number of hydrogen-bond donors (Lipinski definition) is 0. The predicted molar refractivity (Wildman–Crippen MR) is 80.9 cm³/mol. The number of hydrogen-bond acceptors (Lipinski definition) is 3. The quantitative estimate of drug-likeness (QED) is 0.842. The maximum absolute atomic E-state index is 8.94. The van der Waals surface area contributed by atoms with Crippen molar-refractivity contribution < 1.29 is 9.47 Å². The van der Waals surface area contributed by atoms with Crippen LogP contribution in [0.1, 0.15) is 16.7 Å². The zero-order valence-corrected chi connectivity index (χ0v) is 12.9. The Bertz CT molecular complexity index is 662. The Kier molecular flexibility index (Phi) is 4.65. The third-order valence-electron chi connectivity index (χ3n) is 2.93. The SMILES string of the molecule is COc1ccc(C#N)cc1COc1ccc(Br)c(C)c1. The van der Waals surface area contributed by atoms with Crippen LogP contribution in [-0.2, 0) is 6.61 Å². The largest absolute Gasteiger partial charge is 0.496 e. The number of benzene rings is 2. The zero-order chi connectivity index (χ0) is 14.5. The van der Waals surface area contributed by atoms with Crippen LogP contribution in [0.3, 0.4) is 0 Å². The van der Waals surface area contributed by atoms with Crippen LogP contribution in [0, 0.1) is 18.3 Å². The van der Waals surface area contributed by atoms with Gasteiger partial charge in [0, 0.05) is 10.0 Å². The average molecular weight is 332 g/mol. The molecule has 2 rings (SSSR count). The molecule has 0 aliphatic heterocycles. The van der Waals surface area contributed by atoms with Crippen molar-refractivity contribution in [1.29, 1.82) is 5.26 Å². The highest BCUT2D eigenvalue weighted by molar-refractivity contribution is 9.10. The third kappa shape index (κ3) is 3.31. The molecule has 4 heteroatoms. The average Bonchev–Trinajstić information content (AvgIpc) is 2.48. The van der Waals surface area contributed by atoms with Gasteiger partial charge in [-0.3, -0.25) is 0 Å². The van der Waals surface area contributed by atoms with Crippen molar-refractivity contribution in [1.82, 2.24) is 0 Å². The van der Waals surface area contributed by atoms with Crippen LogP contribution >= 0.6 is 15.9 Å². The summed E-state index contributed by atoms with van der Waals surface area (Å²) in [5, 5.41) is 8.94. The molecule has 20 heavy (non-hydrogen) atoms. The Balaban J connectivity index is 2.17. The molecular formula is C16H14BrNO2. The molecule has 0 atom stereocenters. The van der Waals surface area contributed by atoms with E-state index in [1.165, 1.54) is 0 Å². The number of nitrogens with zero attached hydrogens (tertiary/aromatic N) is 1. The first-order valence-electron chi connectivity index (χ1n) is 6.10. The lowest BCUT2D eigenvalue weighted by Crippen LogP contribution is -1.99. The molecule has 0 spiro atoms. The summed E-state index contributed by atoms with van der Waals surface area (Å²) in [4.78, 5) is 0. The van der Waals surface area contributed by atoms with Crippen LogP contribution in [0.2, 0.25) is 0 Å². The molecule has 0 unspecified atom stereocenters. The van der Waals surface area contributed by atoms with Gasteiger partial charge in [0.1, 0.15) is 18.1 Å². The van der Waals surface area contributed by atoms with Gasteiger partial charge in [-0.05, 0) is 48.9 Å². The van der Waals surface area contributed by atoms with Gasteiger partial charge < -0.3 is 9.47 Å². The van der Waals surface area contributed by atoms with E-state index in [2.05, 4.69) is 22.0 Å². The highest BCUT2D eigenvalue weighted by Crippen LogP contribution is 2.25. The van der Waals surface area contributed by atoms with Gasteiger partial charge in [-0.1, -0.05) is 15.9 Å². The van der Waals surface area contributed by atoms with Crippen LogP contribution in [-0.4, -0.2) is 7.11 Å². The summed E-state index contributed by atoms with van der Waals surface area (Å²) in [6.45, 7) is 2.37. The molecule has 102 valence electrons. The summed E-state index contributed by atoms with van der Waals surface area (Å²) in [6.07, 6.45) is 0. The molecule has 0 radical (unpaired) electrons. The van der Waals surface area contributed by atoms with E-state index in [-0.39, 0.29) is 0 Å². The van der Waals surface area contributed by atoms with Crippen molar-refractivity contribution in [2.75, 3.05) is 7.11 Å². The zero-order valence-electron chi connectivity index (χ0n) is 11.3. The lowest BCUT2D eigenvalue weighted by Gasteiger charge is -2.11. The van der Waals surface area contributed by atoms with E-state index in [1.54, 1.807) is 25.3 Å². The summed E-state index contributed by atoms with van der Waals surface area (Å²) in [5.74, 6) is 1.51. The highest BCUT2D eigenvalue weighted by atomic mass is 79.9. The van der Waals surface area contributed by atoms with Crippen LogP contribution in [0.5, 0.6) is 11.5 Å². The van der Waals surface area contributed by atoms with Gasteiger partial charge in [-0.2, -0.15) is 5.26 Å². The summed E-state index contributed by atoms with van der Waals surface area (Å²) in [5.41, 5.74) is 2.56. The molecule has 0 heterocycles. The second kappa shape index (κ2) is 6.44. The molecule has 0 saturated carbocycles. The third-order valence-corrected chi connectivity index (χ3v) is 3.82. The van der Waals surface area contributed by atoms with Crippen LogP contribution in [0.25, 0.3) is 0 Å². The fraction of sp³-hybridized carbons (Fsp3) is 0.188. The van der Waals surface area contributed by atoms with Crippen molar-refractivity contribution in [3.63, 3.8) is 0 Å². The smallest absolute Gasteiger partial charge is 0.125 e. The summed E-state index contributed by atoms with van der Waals surface area (Å²) >= 11 is 3.46. The molecule has 3 nitrogen and oxygen atoms in total. The van der Waals surface area contributed by atoms with Gasteiger partial charge in [0.05, 0.1) is 18.7 Å². The molecule has 0 bridgehead atoms. The topological polar surface area (TPSA) is 42.2 Å². The van der Waals surface area contributed by atoms with Gasteiger partial charge in [-0.25, -0.2) is 0 Å². The van der Waals surface area contributed by atoms with Crippen molar-refractivity contribution in [3.05, 3.63) is 57.6 Å². The molecule has 0 N–H and O–H groups in total. The summed E-state index contributed by atoms with van der Waals surface area (Å²) in [6, 6.07) is 13.2. The van der Waals surface area contributed by atoms with Crippen molar-refractivity contribution in [3.8, 4) is 17.6 Å².